The average molecular weight is 265 g/mol. The third kappa shape index (κ3) is 4.81. The smallest absolute Gasteiger partial charge is 0.241 e. The van der Waals surface area contributed by atoms with E-state index in [4.69, 9.17) is 18.0 Å². The monoisotopic (exact) mass is 265 g/mol. The second-order valence-electron chi connectivity index (χ2n) is 4.23. The molecule has 1 aromatic carbocycles. The number of nitrogens with zero attached hydrogens (tertiary/aromatic N) is 1. The Morgan fingerprint density at radius 3 is 2.61 bits per heavy atom. The minimum Gasteiger partial charge on any atom is -0.393 e. The summed E-state index contributed by atoms with van der Waals surface area (Å²) < 4.78 is 0. The molecule has 1 aromatic rings. The van der Waals surface area contributed by atoms with Crippen LogP contribution in [-0.4, -0.2) is 35.4 Å². The molecule has 1 rings (SSSR count). The second kappa shape index (κ2) is 7.08. The number of hydrogen-bond acceptors (Lipinski definition) is 3. The van der Waals surface area contributed by atoms with Gasteiger partial charge in [0.1, 0.15) is 0 Å². The molecule has 0 aliphatic heterocycles. The summed E-state index contributed by atoms with van der Waals surface area (Å²) in [6, 6.07) is 9.18. The molecule has 0 saturated heterocycles. The molecule has 1 amide bonds. The third-order valence-corrected chi connectivity index (χ3v) is 3.00. The number of benzene rings is 1. The molecular formula is C13H19N3OS. The van der Waals surface area contributed by atoms with E-state index >= 15 is 0 Å². The molecule has 98 valence electrons. The lowest BCUT2D eigenvalue weighted by atomic mass is 10.2. The number of carbonyl (C=O) groups is 1. The van der Waals surface area contributed by atoms with Crippen molar-refractivity contribution < 1.29 is 4.79 Å². The predicted molar refractivity (Wildman–Crippen MR) is 78.6 cm³/mol. The number of likely N-dealkylation sites (N-methyl/N-ethyl adjacent to an activating group) is 1. The van der Waals surface area contributed by atoms with Crippen LogP contribution < -0.4 is 11.1 Å². The van der Waals surface area contributed by atoms with E-state index in [1.54, 1.807) is 0 Å². The first-order valence-electron chi connectivity index (χ1n) is 5.85. The Morgan fingerprint density at radius 1 is 1.44 bits per heavy atom. The molecule has 0 heterocycles. The summed E-state index contributed by atoms with van der Waals surface area (Å²) in [6.45, 7) is 2.54. The van der Waals surface area contributed by atoms with Crippen molar-refractivity contribution in [2.45, 2.75) is 19.4 Å². The molecule has 0 fully saturated rings. The van der Waals surface area contributed by atoms with Crippen LogP contribution in [0.4, 0.5) is 5.69 Å². The SMILES string of the molecule is CC(C(=O)Nc1ccccc1)N(C)CCC(N)=S. The van der Waals surface area contributed by atoms with Crippen LogP contribution in [-0.2, 0) is 4.79 Å². The molecule has 4 nitrogen and oxygen atoms in total. The van der Waals surface area contributed by atoms with Crippen LogP contribution in [0.3, 0.4) is 0 Å². The number of carbonyl (C=O) groups excluding carboxylic acids is 1. The van der Waals surface area contributed by atoms with Gasteiger partial charge in [-0.25, -0.2) is 0 Å². The normalized spacial score (nSPS) is 12.2. The highest BCUT2D eigenvalue weighted by molar-refractivity contribution is 7.80. The second-order valence-corrected chi connectivity index (χ2v) is 4.75. The Kier molecular flexibility index (Phi) is 5.74. The Bertz CT molecular complexity index is 408. The Balaban J connectivity index is 2.48. The van der Waals surface area contributed by atoms with Crippen molar-refractivity contribution in [2.75, 3.05) is 18.9 Å². The highest BCUT2D eigenvalue weighted by atomic mass is 32.1. The van der Waals surface area contributed by atoms with Crippen molar-refractivity contribution in [1.29, 1.82) is 0 Å². The minimum atomic E-state index is -0.223. The maximum absolute atomic E-state index is 12.0. The van der Waals surface area contributed by atoms with Crippen LogP contribution in [0.5, 0.6) is 0 Å². The lowest BCUT2D eigenvalue weighted by Crippen LogP contribution is -2.40. The summed E-state index contributed by atoms with van der Waals surface area (Å²) in [7, 11) is 1.88. The fourth-order valence-corrected chi connectivity index (χ4v) is 1.54. The van der Waals surface area contributed by atoms with Gasteiger partial charge in [0.05, 0.1) is 11.0 Å². The van der Waals surface area contributed by atoms with Gasteiger partial charge in [-0.15, -0.1) is 0 Å². The molecule has 0 radical (unpaired) electrons. The minimum absolute atomic E-state index is 0.0355. The van der Waals surface area contributed by atoms with E-state index in [0.717, 1.165) is 5.69 Å². The molecule has 0 spiro atoms. The lowest BCUT2D eigenvalue weighted by molar-refractivity contribution is -0.120. The number of amides is 1. The van der Waals surface area contributed by atoms with E-state index in [2.05, 4.69) is 5.32 Å². The standard InChI is InChI=1S/C13H19N3OS/c1-10(16(2)9-8-12(14)18)13(17)15-11-6-4-3-5-7-11/h3-7,10H,8-9H2,1-2H3,(H2,14,18)(H,15,17). The maximum atomic E-state index is 12.0. The number of nitrogens with two attached hydrogens (primary N) is 1. The summed E-state index contributed by atoms with van der Waals surface area (Å²) in [5.41, 5.74) is 6.25. The molecule has 3 N–H and O–H groups in total. The van der Waals surface area contributed by atoms with E-state index < -0.39 is 0 Å². The van der Waals surface area contributed by atoms with Gasteiger partial charge in [-0.05, 0) is 26.1 Å². The molecule has 0 aliphatic carbocycles. The van der Waals surface area contributed by atoms with E-state index in [1.807, 2.05) is 49.2 Å². The van der Waals surface area contributed by atoms with Crippen molar-refractivity contribution in [3.05, 3.63) is 30.3 Å². The number of rotatable bonds is 6. The number of thiocarbonyl (C=S) groups is 1. The molecule has 0 aromatic heterocycles. The van der Waals surface area contributed by atoms with Gasteiger partial charge in [0, 0.05) is 18.7 Å². The van der Waals surface area contributed by atoms with Crippen LogP contribution in [0.2, 0.25) is 0 Å². The van der Waals surface area contributed by atoms with Gasteiger partial charge in [0.15, 0.2) is 0 Å². The highest BCUT2D eigenvalue weighted by Crippen LogP contribution is 2.07. The fourth-order valence-electron chi connectivity index (χ4n) is 1.45. The number of hydrogen-bond donors (Lipinski definition) is 2. The topological polar surface area (TPSA) is 58.4 Å². The predicted octanol–water partition coefficient (Wildman–Crippen LogP) is 1.62. The number of anilines is 1. The molecule has 0 saturated carbocycles. The van der Waals surface area contributed by atoms with Crippen molar-refractivity contribution >= 4 is 28.8 Å². The number of nitrogens with one attached hydrogen (secondary N) is 1. The summed E-state index contributed by atoms with van der Waals surface area (Å²) >= 11 is 4.82. The molecule has 18 heavy (non-hydrogen) atoms. The van der Waals surface area contributed by atoms with Gasteiger partial charge in [0.2, 0.25) is 5.91 Å². The summed E-state index contributed by atoms with van der Waals surface area (Å²) in [5.74, 6) is -0.0355. The van der Waals surface area contributed by atoms with E-state index in [0.29, 0.717) is 18.0 Å². The van der Waals surface area contributed by atoms with Gasteiger partial charge in [-0.2, -0.15) is 0 Å². The zero-order valence-corrected chi connectivity index (χ0v) is 11.5. The van der Waals surface area contributed by atoms with Crippen LogP contribution in [0.15, 0.2) is 30.3 Å². The first-order chi connectivity index (χ1) is 8.50. The Hall–Kier alpha value is -1.46. The first kappa shape index (κ1) is 14.6. The fraction of sp³-hybridized carbons (Fsp3) is 0.385. The first-order valence-corrected chi connectivity index (χ1v) is 6.26. The Labute approximate surface area is 113 Å². The molecule has 1 unspecified atom stereocenters. The summed E-state index contributed by atoms with van der Waals surface area (Å²) in [4.78, 5) is 14.4. The van der Waals surface area contributed by atoms with Crippen molar-refractivity contribution in [3.63, 3.8) is 0 Å². The highest BCUT2D eigenvalue weighted by Gasteiger charge is 2.17. The van der Waals surface area contributed by atoms with Crippen molar-refractivity contribution in [1.82, 2.24) is 4.90 Å². The molecule has 5 heteroatoms. The average Bonchev–Trinajstić information content (AvgIpc) is 2.36. The van der Waals surface area contributed by atoms with Gasteiger partial charge in [-0.3, -0.25) is 9.69 Å². The largest absolute Gasteiger partial charge is 0.393 e. The molecule has 0 bridgehead atoms. The van der Waals surface area contributed by atoms with Gasteiger partial charge in [0.25, 0.3) is 0 Å². The van der Waals surface area contributed by atoms with Crippen LogP contribution in [0.25, 0.3) is 0 Å². The maximum Gasteiger partial charge on any atom is 0.241 e. The summed E-state index contributed by atoms with van der Waals surface area (Å²) in [5, 5.41) is 2.87. The van der Waals surface area contributed by atoms with E-state index in [1.165, 1.54) is 0 Å². The zero-order chi connectivity index (χ0) is 13.5. The van der Waals surface area contributed by atoms with E-state index in [9.17, 15) is 4.79 Å². The third-order valence-electron chi connectivity index (χ3n) is 2.79. The summed E-state index contributed by atoms with van der Waals surface area (Å²) in [6.07, 6.45) is 0.620. The lowest BCUT2D eigenvalue weighted by Gasteiger charge is -2.23. The Morgan fingerprint density at radius 2 is 2.06 bits per heavy atom. The van der Waals surface area contributed by atoms with Crippen LogP contribution >= 0.6 is 12.2 Å². The van der Waals surface area contributed by atoms with E-state index in [-0.39, 0.29) is 11.9 Å². The quantitative estimate of drug-likeness (QED) is 0.767. The van der Waals surface area contributed by atoms with Crippen LogP contribution in [0.1, 0.15) is 13.3 Å². The van der Waals surface area contributed by atoms with Gasteiger partial charge >= 0.3 is 0 Å². The van der Waals surface area contributed by atoms with Gasteiger partial charge in [-0.1, -0.05) is 30.4 Å². The zero-order valence-electron chi connectivity index (χ0n) is 10.7. The number of para-hydroxylation sites is 1. The van der Waals surface area contributed by atoms with Gasteiger partial charge < -0.3 is 11.1 Å². The molecule has 0 aliphatic rings. The molecule has 1 atom stereocenters. The van der Waals surface area contributed by atoms with Crippen LogP contribution in [0, 0.1) is 0 Å². The van der Waals surface area contributed by atoms with Crippen molar-refractivity contribution in [3.8, 4) is 0 Å². The molecular weight excluding hydrogens is 246 g/mol. The van der Waals surface area contributed by atoms with Crippen molar-refractivity contribution in [2.24, 2.45) is 5.73 Å².